The van der Waals surface area contributed by atoms with E-state index in [4.69, 9.17) is 0 Å². The van der Waals surface area contributed by atoms with E-state index in [0.29, 0.717) is 12.0 Å². The highest BCUT2D eigenvalue weighted by Gasteiger charge is 2.31. The molecule has 0 bridgehead atoms. The normalized spacial score (nSPS) is 18.6. The lowest BCUT2D eigenvalue weighted by Gasteiger charge is -2.19. The summed E-state index contributed by atoms with van der Waals surface area (Å²) in [6.45, 7) is 2.80. The van der Waals surface area contributed by atoms with Crippen molar-refractivity contribution in [2.75, 3.05) is 6.54 Å². The van der Waals surface area contributed by atoms with E-state index in [1.165, 1.54) is 25.0 Å². The standard InChI is InChI=1S/C15H22FNO/c1-2-14(18)9-10-17-15(11-3-4-11)12-5-7-13(16)8-6-12/h5-8,11,14-15,17-18H,2-4,9-10H2,1H3. The second kappa shape index (κ2) is 6.30. The SMILES string of the molecule is CCC(O)CCNC(c1ccc(F)cc1)C1CC1. The molecule has 3 heteroatoms. The van der Waals surface area contributed by atoms with E-state index in [1.807, 2.05) is 19.1 Å². The molecule has 2 unspecified atom stereocenters. The molecule has 0 aromatic heterocycles. The van der Waals surface area contributed by atoms with Crippen LogP contribution < -0.4 is 5.32 Å². The fraction of sp³-hybridized carbons (Fsp3) is 0.600. The van der Waals surface area contributed by atoms with Gasteiger partial charge in [-0.2, -0.15) is 0 Å². The van der Waals surface area contributed by atoms with Gasteiger partial charge in [-0.05, 0) is 55.8 Å². The van der Waals surface area contributed by atoms with Crippen molar-refractivity contribution in [1.29, 1.82) is 0 Å². The molecular formula is C15H22FNO. The highest BCUT2D eigenvalue weighted by Crippen LogP contribution is 2.40. The van der Waals surface area contributed by atoms with Gasteiger partial charge in [-0.1, -0.05) is 19.1 Å². The minimum Gasteiger partial charge on any atom is -0.393 e. The van der Waals surface area contributed by atoms with Crippen LogP contribution in [0.2, 0.25) is 0 Å². The molecule has 1 fully saturated rings. The minimum absolute atomic E-state index is 0.185. The van der Waals surface area contributed by atoms with Crippen molar-refractivity contribution in [3.8, 4) is 0 Å². The van der Waals surface area contributed by atoms with Crippen molar-refractivity contribution in [1.82, 2.24) is 5.32 Å². The van der Waals surface area contributed by atoms with E-state index in [9.17, 15) is 9.50 Å². The summed E-state index contributed by atoms with van der Waals surface area (Å²) in [5.74, 6) is 0.490. The molecule has 2 rings (SSSR count). The van der Waals surface area contributed by atoms with Gasteiger partial charge >= 0.3 is 0 Å². The van der Waals surface area contributed by atoms with Crippen LogP contribution in [0.5, 0.6) is 0 Å². The van der Waals surface area contributed by atoms with Crippen LogP contribution in [0.25, 0.3) is 0 Å². The largest absolute Gasteiger partial charge is 0.393 e. The van der Waals surface area contributed by atoms with Gasteiger partial charge in [0.1, 0.15) is 5.82 Å². The van der Waals surface area contributed by atoms with E-state index in [1.54, 1.807) is 0 Å². The first kappa shape index (κ1) is 13.5. The van der Waals surface area contributed by atoms with Crippen LogP contribution in [0.4, 0.5) is 4.39 Å². The zero-order valence-corrected chi connectivity index (χ0v) is 10.9. The Morgan fingerprint density at radius 2 is 2.00 bits per heavy atom. The molecule has 0 heterocycles. The van der Waals surface area contributed by atoms with Crippen molar-refractivity contribution in [2.24, 2.45) is 5.92 Å². The van der Waals surface area contributed by atoms with Gasteiger partial charge in [-0.3, -0.25) is 0 Å². The van der Waals surface area contributed by atoms with E-state index >= 15 is 0 Å². The Kier molecular flexibility index (Phi) is 4.72. The van der Waals surface area contributed by atoms with Crippen LogP contribution in [0.15, 0.2) is 24.3 Å². The summed E-state index contributed by atoms with van der Waals surface area (Å²) < 4.78 is 12.9. The highest BCUT2D eigenvalue weighted by molar-refractivity contribution is 5.21. The molecule has 100 valence electrons. The van der Waals surface area contributed by atoms with Gasteiger partial charge in [-0.15, -0.1) is 0 Å². The minimum atomic E-state index is -0.217. The number of hydrogen-bond acceptors (Lipinski definition) is 2. The maximum absolute atomic E-state index is 12.9. The lowest BCUT2D eigenvalue weighted by atomic mass is 10.0. The molecule has 1 aromatic carbocycles. The van der Waals surface area contributed by atoms with E-state index in [2.05, 4.69) is 5.32 Å². The maximum atomic E-state index is 12.9. The molecule has 2 nitrogen and oxygen atoms in total. The first-order valence-corrected chi connectivity index (χ1v) is 6.87. The van der Waals surface area contributed by atoms with Crippen LogP contribution in [-0.2, 0) is 0 Å². The number of halogens is 1. The number of benzene rings is 1. The van der Waals surface area contributed by atoms with Crippen LogP contribution >= 0.6 is 0 Å². The highest BCUT2D eigenvalue weighted by atomic mass is 19.1. The molecule has 0 saturated heterocycles. The number of nitrogens with one attached hydrogen (secondary N) is 1. The molecular weight excluding hydrogens is 229 g/mol. The summed E-state index contributed by atoms with van der Waals surface area (Å²) in [7, 11) is 0. The summed E-state index contributed by atoms with van der Waals surface area (Å²) in [6, 6.07) is 7.08. The first-order chi connectivity index (χ1) is 8.70. The van der Waals surface area contributed by atoms with Crippen LogP contribution in [0.1, 0.15) is 44.2 Å². The first-order valence-electron chi connectivity index (χ1n) is 6.87. The van der Waals surface area contributed by atoms with E-state index in [-0.39, 0.29) is 11.9 Å². The maximum Gasteiger partial charge on any atom is 0.123 e. The summed E-state index contributed by atoms with van der Waals surface area (Å²) >= 11 is 0. The van der Waals surface area contributed by atoms with E-state index < -0.39 is 0 Å². The molecule has 0 amide bonds. The summed E-state index contributed by atoms with van der Waals surface area (Å²) in [5, 5.41) is 13.0. The topological polar surface area (TPSA) is 32.3 Å². The second-order valence-electron chi connectivity index (χ2n) is 5.17. The van der Waals surface area contributed by atoms with Crippen molar-refractivity contribution in [3.05, 3.63) is 35.6 Å². The van der Waals surface area contributed by atoms with Gasteiger partial charge in [0.15, 0.2) is 0 Å². The molecule has 1 aliphatic rings. The van der Waals surface area contributed by atoms with Gasteiger partial charge in [-0.25, -0.2) is 4.39 Å². The Bertz CT molecular complexity index is 361. The number of aliphatic hydroxyl groups excluding tert-OH is 1. The fourth-order valence-corrected chi connectivity index (χ4v) is 2.27. The summed E-state index contributed by atoms with van der Waals surface area (Å²) in [4.78, 5) is 0. The molecule has 18 heavy (non-hydrogen) atoms. The number of rotatable bonds is 7. The van der Waals surface area contributed by atoms with Gasteiger partial charge in [0.25, 0.3) is 0 Å². The predicted molar refractivity (Wildman–Crippen MR) is 70.8 cm³/mol. The monoisotopic (exact) mass is 251 g/mol. The molecule has 0 spiro atoms. The molecule has 2 atom stereocenters. The van der Waals surface area contributed by atoms with Crippen LogP contribution in [0, 0.1) is 11.7 Å². The zero-order chi connectivity index (χ0) is 13.0. The molecule has 0 radical (unpaired) electrons. The van der Waals surface area contributed by atoms with Gasteiger partial charge in [0, 0.05) is 6.04 Å². The van der Waals surface area contributed by atoms with Gasteiger partial charge in [0.2, 0.25) is 0 Å². The van der Waals surface area contributed by atoms with Crippen molar-refractivity contribution in [3.63, 3.8) is 0 Å². The average molecular weight is 251 g/mol. The van der Waals surface area contributed by atoms with Crippen LogP contribution in [-0.4, -0.2) is 17.8 Å². The molecule has 1 aliphatic carbocycles. The van der Waals surface area contributed by atoms with Gasteiger partial charge < -0.3 is 10.4 Å². The third-order valence-electron chi connectivity index (χ3n) is 3.64. The second-order valence-corrected chi connectivity index (χ2v) is 5.17. The van der Waals surface area contributed by atoms with Crippen molar-refractivity contribution >= 4 is 0 Å². The third kappa shape index (κ3) is 3.79. The number of hydrogen-bond donors (Lipinski definition) is 2. The Hall–Kier alpha value is -0.930. The number of aliphatic hydroxyl groups is 1. The van der Waals surface area contributed by atoms with Crippen molar-refractivity contribution in [2.45, 2.75) is 44.8 Å². The lowest BCUT2D eigenvalue weighted by Crippen LogP contribution is -2.26. The Labute approximate surface area is 108 Å². The molecule has 1 saturated carbocycles. The smallest absolute Gasteiger partial charge is 0.123 e. The Morgan fingerprint density at radius 1 is 1.33 bits per heavy atom. The summed E-state index contributed by atoms with van der Waals surface area (Å²) in [6.07, 6.45) is 3.84. The predicted octanol–water partition coefficient (Wildman–Crippen LogP) is 3.03. The zero-order valence-electron chi connectivity index (χ0n) is 10.9. The lowest BCUT2D eigenvalue weighted by molar-refractivity contribution is 0.158. The van der Waals surface area contributed by atoms with Crippen molar-refractivity contribution < 1.29 is 9.50 Å². The third-order valence-corrected chi connectivity index (χ3v) is 3.64. The Balaban J connectivity index is 1.90. The van der Waals surface area contributed by atoms with Crippen LogP contribution in [0.3, 0.4) is 0 Å². The molecule has 1 aromatic rings. The fourth-order valence-electron chi connectivity index (χ4n) is 2.27. The summed E-state index contributed by atoms with van der Waals surface area (Å²) in [5.41, 5.74) is 1.16. The van der Waals surface area contributed by atoms with E-state index in [0.717, 1.165) is 24.9 Å². The average Bonchev–Trinajstić information content (AvgIpc) is 3.20. The quantitative estimate of drug-likeness (QED) is 0.780. The molecule has 2 N–H and O–H groups in total. The Morgan fingerprint density at radius 3 is 2.56 bits per heavy atom. The molecule has 0 aliphatic heterocycles. The van der Waals surface area contributed by atoms with Gasteiger partial charge in [0.05, 0.1) is 6.10 Å².